The van der Waals surface area contributed by atoms with Gasteiger partial charge in [-0.15, -0.1) is 10.2 Å². The van der Waals surface area contributed by atoms with Gasteiger partial charge < -0.3 is 26.4 Å². The Kier molecular flexibility index (Phi) is 6.20. The third kappa shape index (κ3) is 4.69. The van der Waals surface area contributed by atoms with Crippen LogP contribution in [0.1, 0.15) is 28.9 Å². The van der Waals surface area contributed by atoms with E-state index in [2.05, 4.69) is 31.1 Å². The molecule has 3 rings (SSSR count). The maximum atomic E-state index is 12.0. The fourth-order valence-corrected chi connectivity index (χ4v) is 2.69. The number of carbonyl (C=O) groups is 2. The standard InChI is InChI=1S/C19H22N8O3/c1-22-9-23-17(20)11-4-3-5-12(16(11)30-2)24-13-8-14(25-19(29)10-6-7-10)26-27-15(13)18(21)28/h3-5,8-10H,6-7H2,1-2H3,(H2,21,28)(H2,20,22,23)(H2,24,25,26,29). The molecule has 11 nitrogen and oxygen atoms in total. The quantitative estimate of drug-likeness (QED) is 0.322. The number of benzene rings is 1. The lowest BCUT2D eigenvalue weighted by Gasteiger charge is -2.16. The number of aliphatic imine (C=N–C) groups is 1. The van der Waals surface area contributed by atoms with Crippen molar-refractivity contribution in [3.63, 3.8) is 0 Å². The number of para-hydroxylation sites is 1. The lowest BCUT2D eigenvalue weighted by atomic mass is 10.1. The summed E-state index contributed by atoms with van der Waals surface area (Å²) in [5.74, 6) is -0.429. The van der Waals surface area contributed by atoms with Gasteiger partial charge in [0.1, 0.15) is 0 Å². The number of amidine groups is 1. The van der Waals surface area contributed by atoms with E-state index in [1.165, 1.54) is 19.5 Å². The molecular formula is C19H22N8O3. The zero-order chi connectivity index (χ0) is 21.7. The molecule has 0 saturated heterocycles. The number of rotatable bonds is 8. The Balaban J connectivity index is 1.95. The van der Waals surface area contributed by atoms with E-state index in [1.54, 1.807) is 25.2 Å². The number of amides is 2. The lowest BCUT2D eigenvalue weighted by molar-refractivity contribution is -0.117. The molecule has 1 aliphatic carbocycles. The minimum absolute atomic E-state index is 0.0139. The predicted octanol–water partition coefficient (Wildman–Crippen LogP) is 1.25. The number of hydrogen-bond donors (Lipinski definition) is 5. The summed E-state index contributed by atoms with van der Waals surface area (Å²) in [6.07, 6.45) is 3.07. The van der Waals surface area contributed by atoms with Crippen molar-refractivity contribution in [2.75, 3.05) is 24.8 Å². The van der Waals surface area contributed by atoms with E-state index in [1.807, 2.05) is 0 Å². The van der Waals surface area contributed by atoms with Gasteiger partial charge in [0.05, 0.1) is 30.4 Å². The number of nitrogens with two attached hydrogens (primary N) is 1. The van der Waals surface area contributed by atoms with Crippen LogP contribution < -0.4 is 26.4 Å². The molecule has 0 radical (unpaired) electrons. The van der Waals surface area contributed by atoms with Gasteiger partial charge >= 0.3 is 0 Å². The van der Waals surface area contributed by atoms with Gasteiger partial charge in [0.25, 0.3) is 5.91 Å². The van der Waals surface area contributed by atoms with Crippen molar-refractivity contribution in [2.24, 2.45) is 16.6 Å². The van der Waals surface area contributed by atoms with E-state index >= 15 is 0 Å². The molecule has 2 amide bonds. The Morgan fingerprint density at radius 1 is 1.30 bits per heavy atom. The second-order valence-electron chi connectivity index (χ2n) is 6.53. The zero-order valence-corrected chi connectivity index (χ0v) is 16.5. The van der Waals surface area contributed by atoms with Crippen LogP contribution in [-0.2, 0) is 4.79 Å². The molecule has 1 aromatic carbocycles. The molecule has 11 heteroatoms. The van der Waals surface area contributed by atoms with Crippen LogP contribution in [0, 0.1) is 11.3 Å². The van der Waals surface area contributed by atoms with Gasteiger partial charge in [-0.1, -0.05) is 6.07 Å². The van der Waals surface area contributed by atoms with Gasteiger partial charge in [0.2, 0.25) is 5.91 Å². The highest BCUT2D eigenvalue weighted by atomic mass is 16.5. The average Bonchev–Trinajstić information content (AvgIpc) is 3.57. The SMILES string of the molecule is CN/C=N\C(=N)c1cccc(Nc2cc(NC(=O)C3CC3)nnc2C(N)=O)c1OC. The molecule has 1 heterocycles. The van der Waals surface area contributed by atoms with E-state index in [9.17, 15) is 9.59 Å². The predicted molar refractivity (Wildman–Crippen MR) is 113 cm³/mol. The van der Waals surface area contributed by atoms with Crippen molar-refractivity contribution in [3.05, 3.63) is 35.5 Å². The summed E-state index contributed by atoms with van der Waals surface area (Å²) in [5, 5.41) is 24.3. The number of primary amides is 1. The Labute approximate surface area is 172 Å². The van der Waals surface area contributed by atoms with Gasteiger partial charge in [0.15, 0.2) is 23.1 Å². The molecule has 6 N–H and O–H groups in total. The van der Waals surface area contributed by atoms with Crippen LogP contribution in [0.2, 0.25) is 0 Å². The first kappa shape index (κ1) is 20.7. The van der Waals surface area contributed by atoms with E-state index in [-0.39, 0.29) is 34.9 Å². The van der Waals surface area contributed by atoms with Gasteiger partial charge in [-0.05, 0) is 25.0 Å². The highest BCUT2D eigenvalue weighted by Gasteiger charge is 2.30. The number of aromatic nitrogens is 2. The van der Waals surface area contributed by atoms with Crippen LogP contribution >= 0.6 is 0 Å². The number of carbonyl (C=O) groups excluding carboxylic acids is 2. The molecule has 0 spiro atoms. The third-order valence-electron chi connectivity index (χ3n) is 4.29. The lowest BCUT2D eigenvalue weighted by Crippen LogP contribution is -2.19. The van der Waals surface area contributed by atoms with Crippen molar-refractivity contribution in [1.82, 2.24) is 15.5 Å². The first-order chi connectivity index (χ1) is 14.4. The van der Waals surface area contributed by atoms with Crippen LogP contribution in [-0.4, -0.2) is 48.3 Å². The first-order valence-electron chi connectivity index (χ1n) is 9.15. The molecule has 1 aliphatic rings. The van der Waals surface area contributed by atoms with E-state index in [0.717, 1.165) is 12.8 Å². The smallest absolute Gasteiger partial charge is 0.271 e. The largest absolute Gasteiger partial charge is 0.494 e. The van der Waals surface area contributed by atoms with Crippen molar-refractivity contribution in [2.45, 2.75) is 12.8 Å². The van der Waals surface area contributed by atoms with Crippen molar-refractivity contribution in [1.29, 1.82) is 5.41 Å². The second kappa shape index (κ2) is 8.99. The highest BCUT2D eigenvalue weighted by Crippen LogP contribution is 2.34. The summed E-state index contributed by atoms with van der Waals surface area (Å²) in [4.78, 5) is 27.8. The topological polar surface area (TPSA) is 167 Å². The van der Waals surface area contributed by atoms with Gasteiger partial charge in [0, 0.05) is 19.0 Å². The summed E-state index contributed by atoms with van der Waals surface area (Å²) in [6.45, 7) is 0. The molecule has 30 heavy (non-hydrogen) atoms. The maximum Gasteiger partial charge on any atom is 0.271 e. The summed E-state index contributed by atoms with van der Waals surface area (Å²) in [6, 6.07) is 6.56. The number of nitrogens with one attached hydrogen (secondary N) is 4. The third-order valence-corrected chi connectivity index (χ3v) is 4.29. The van der Waals surface area contributed by atoms with Gasteiger partial charge in [-0.3, -0.25) is 15.0 Å². The second-order valence-corrected chi connectivity index (χ2v) is 6.53. The monoisotopic (exact) mass is 410 g/mol. The van der Waals surface area contributed by atoms with Crippen LogP contribution in [0.5, 0.6) is 5.75 Å². The molecule has 0 atom stereocenters. The van der Waals surface area contributed by atoms with Crippen LogP contribution in [0.4, 0.5) is 17.2 Å². The summed E-state index contributed by atoms with van der Waals surface area (Å²) in [7, 11) is 3.13. The average molecular weight is 410 g/mol. The zero-order valence-electron chi connectivity index (χ0n) is 16.5. The molecule has 0 bridgehead atoms. The molecule has 0 aliphatic heterocycles. The van der Waals surface area contributed by atoms with Crippen molar-refractivity contribution >= 4 is 41.2 Å². The molecule has 1 saturated carbocycles. The Morgan fingerprint density at radius 2 is 2.07 bits per heavy atom. The highest BCUT2D eigenvalue weighted by molar-refractivity contribution is 6.05. The van der Waals surface area contributed by atoms with Crippen LogP contribution in [0.3, 0.4) is 0 Å². The maximum absolute atomic E-state index is 12.0. The number of anilines is 3. The molecule has 156 valence electrons. The molecular weight excluding hydrogens is 388 g/mol. The number of methoxy groups -OCH3 is 1. The van der Waals surface area contributed by atoms with Gasteiger partial charge in [-0.25, -0.2) is 4.99 Å². The van der Waals surface area contributed by atoms with E-state index in [4.69, 9.17) is 15.9 Å². The van der Waals surface area contributed by atoms with E-state index in [0.29, 0.717) is 17.0 Å². The molecule has 1 fully saturated rings. The Bertz CT molecular complexity index is 1020. The Hall–Kier alpha value is -4.02. The summed E-state index contributed by atoms with van der Waals surface area (Å²) in [5.41, 5.74) is 6.44. The van der Waals surface area contributed by atoms with E-state index < -0.39 is 5.91 Å². The fraction of sp³-hybridized carbons (Fsp3) is 0.263. The fourth-order valence-electron chi connectivity index (χ4n) is 2.69. The molecule has 1 aromatic heterocycles. The first-order valence-corrected chi connectivity index (χ1v) is 9.15. The normalized spacial score (nSPS) is 13.0. The van der Waals surface area contributed by atoms with Crippen LogP contribution in [0.25, 0.3) is 0 Å². The Morgan fingerprint density at radius 3 is 2.70 bits per heavy atom. The van der Waals surface area contributed by atoms with Crippen LogP contribution in [0.15, 0.2) is 29.3 Å². The summed E-state index contributed by atoms with van der Waals surface area (Å²) < 4.78 is 5.47. The summed E-state index contributed by atoms with van der Waals surface area (Å²) >= 11 is 0. The molecule has 0 unspecified atom stereocenters. The minimum Gasteiger partial charge on any atom is -0.494 e. The van der Waals surface area contributed by atoms with Gasteiger partial charge in [-0.2, -0.15) is 0 Å². The number of ether oxygens (including phenoxy) is 1. The van der Waals surface area contributed by atoms with Crippen molar-refractivity contribution in [3.8, 4) is 5.75 Å². The molecule has 2 aromatic rings. The minimum atomic E-state index is -0.786. The number of nitrogens with zero attached hydrogens (tertiary/aromatic N) is 3. The van der Waals surface area contributed by atoms with Crippen molar-refractivity contribution < 1.29 is 14.3 Å². The number of hydrogen-bond acceptors (Lipinski definition) is 7.